The van der Waals surface area contributed by atoms with E-state index in [0.29, 0.717) is 11.5 Å². The summed E-state index contributed by atoms with van der Waals surface area (Å²) in [6.07, 6.45) is 5.57. The second-order valence-corrected chi connectivity index (χ2v) is 7.00. The fraction of sp³-hybridized carbons (Fsp3) is 0.381. The molecule has 2 aromatic rings. The van der Waals surface area contributed by atoms with E-state index in [9.17, 15) is 14.4 Å². The van der Waals surface area contributed by atoms with Crippen LogP contribution >= 0.6 is 0 Å². The minimum atomic E-state index is -0.764. The van der Waals surface area contributed by atoms with Gasteiger partial charge in [0.2, 0.25) is 5.76 Å². The van der Waals surface area contributed by atoms with Gasteiger partial charge in [-0.05, 0) is 30.4 Å². The second-order valence-electron chi connectivity index (χ2n) is 7.00. The number of ether oxygens (including phenoxy) is 1. The van der Waals surface area contributed by atoms with Gasteiger partial charge in [-0.15, -0.1) is 0 Å². The van der Waals surface area contributed by atoms with Crippen molar-refractivity contribution in [2.24, 2.45) is 5.92 Å². The number of carbonyl (C=O) groups is 3. The molecule has 1 saturated carbocycles. The molecule has 1 fully saturated rings. The van der Waals surface area contributed by atoms with Crippen LogP contribution in [0.4, 0.5) is 4.79 Å². The summed E-state index contributed by atoms with van der Waals surface area (Å²) in [6, 6.07) is 10.4. The van der Waals surface area contributed by atoms with Crippen molar-refractivity contribution in [3.05, 3.63) is 48.4 Å². The molecular formula is C21H24N2O5. The van der Waals surface area contributed by atoms with Gasteiger partial charge < -0.3 is 14.5 Å². The average molecular weight is 384 g/mol. The summed E-state index contributed by atoms with van der Waals surface area (Å²) in [5.41, 5.74) is 1.38. The molecule has 2 N–H and O–H groups in total. The molecule has 2 atom stereocenters. The molecule has 0 radical (unpaired) electrons. The molecule has 3 amide bonds. The zero-order chi connectivity index (χ0) is 19.9. The summed E-state index contributed by atoms with van der Waals surface area (Å²) in [5, 5.41) is 5.01. The summed E-state index contributed by atoms with van der Waals surface area (Å²) in [4.78, 5) is 36.2. The lowest BCUT2D eigenvalue weighted by Crippen LogP contribution is -2.48. The normalized spacial score (nSPS) is 18.9. The van der Waals surface area contributed by atoms with Gasteiger partial charge in [-0.2, -0.15) is 0 Å². The van der Waals surface area contributed by atoms with Crippen LogP contribution in [0.15, 0.2) is 47.1 Å². The number of imide groups is 1. The van der Waals surface area contributed by atoms with Gasteiger partial charge in [0.1, 0.15) is 0 Å². The number of rotatable bonds is 5. The molecule has 1 aliphatic rings. The van der Waals surface area contributed by atoms with Crippen LogP contribution in [-0.2, 0) is 9.53 Å². The van der Waals surface area contributed by atoms with Gasteiger partial charge in [0.15, 0.2) is 6.61 Å². The lowest BCUT2D eigenvalue weighted by Gasteiger charge is -2.29. The Hall–Kier alpha value is -3.09. The van der Waals surface area contributed by atoms with Crippen molar-refractivity contribution < 1.29 is 23.5 Å². The Labute approximate surface area is 163 Å². The number of furan rings is 1. The Kier molecular flexibility index (Phi) is 6.47. The highest BCUT2D eigenvalue weighted by Gasteiger charge is 2.24. The molecule has 7 nitrogen and oxygen atoms in total. The zero-order valence-electron chi connectivity index (χ0n) is 15.8. The number of urea groups is 1. The summed E-state index contributed by atoms with van der Waals surface area (Å²) in [6.45, 7) is 1.52. The van der Waals surface area contributed by atoms with Crippen LogP contribution in [0.3, 0.4) is 0 Å². The van der Waals surface area contributed by atoms with Gasteiger partial charge in [-0.1, -0.05) is 50.1 Å². The van der Waals surface area contributed by atoms with E-state index < -0.39 is 24.5 Å². The molecule has 1 aromatic carbocycles. The predicted octanol–water partition coefficient (Wildman–Crippen LogP) is 3.51. The van der Waals surface area contributed by atoms with Crippen LogP contribution in [0.25, 0.3) is 11.1 Å². The Morgan fingerprint density at radius 1 is 1.11 bits per heavy atom. The first kappa shape index (κ1) is 19.7. The Morgan fingerprint density at radius 3 is 2.61 bits per heavy atom. The third-order valence-corrected chi connectivity index (χ3v) is 4.95. The van der Waals surface area contributed by atoms with Gasteiger partial charge in [0.05, 0.1) is 6.26 Å². The number of carbonyl (C=O) groups excluding carboxylic acids is 3. The molecule has 148 valence electrons. The SMILES string of the molecule is CC1CCCCC1NC(=O)NC(=O)COC(=O)c1occc1-c1ccccc1. The monoisotopic (exact) mass is 384 g/mol. The highest BCUT2D eigenvalue weighted by molar-refractivity contribution is 5.98. The van der Waals surface area contributed by atoms with E-state index in [4.69, 9.17) is 9.15 Å². The molecular weight excluding hydrogens is 360 g/mol. The Morgan fingerprint density at radius 2 is 1.86 bits per heavy atom. The van der Waals surface area contributed by atoms with Gasteiger partial charge >= 0.3 is 12.0 Å². The van der Waals surface area contributed by atoms with E-state index in [1.807, 2.05) is 30.3 Å². The van der Waals surface area contributed by atoms with Crippen LogP contribution in [0.5, 0.6) is 0 Å². The number of esters is 1. The lowest BCUT2D eigenvalue weighted by atomic mass is 9.86. The standard InChI is InChI=1S/C21H24N2O5/c1-14-7-5-6-10-17(14)22-21(26)23-18(24)13-28-20(25)19-16(11-12-27-19)15-8-3-2-4-9-15/h2-4,8-9,11-12,14,17H,5-7,10,13H2,1H3,(H2,22,23,24,26). The molecule has 0 bridgehead atoms. The number of benzene rings is 1. The summed E-state index contributed by atoms with van der Waals surface area (Å²) in [7, 11) is 0. The van der Waals surface area contributed by atoms with Gasteiger partial charge in [0, 0.05) is 11.6 Å². The maximum absolute atomic E-state index is 12.3. The van der Waals surface area contributed by atoms with Crippen molar-refractivity contribution in [1.29, 1.82) is 0 Å². The number of hydrogen-bond acceptors (Lipinski definition) is 5. The van der Waals surface area contributed by atoms with Crippen molar-refractivity contribution >= 4 is 17.9 Å². The summed E-state index contributed by atoms with van der Waals surface area (Å²) in [5.74, 6) is -1.07. The highest BCUT2D eigenvalue weighted by Crippen LogP contribution is 2.25. The van der Waals surface area contributed by atoms with Crippen molar-refractivity contribution in [3.63, 3.8) is 0 Å². The lowest BCUT2D eigenvalue weighted by molar-refractivity contribution is -0.123. The van der Waals surface area contributed by atoms with Gasteiger partial charge in [-0.25, -0.2) is 9.59 Å². The van der Waals surface area contributed by atoms with Gasteiger partial charge in [-0.3, -0.25) is 10.1 Å². The van der Waals surface area contributed by atoms with Crippen molar-refractivity contribution in [3.8, 4) is 11.1 Å². The molecule has 28 heavy (non-hydrogen) atoms. The van der Waals surface area contributed by atoms with Crippen molar-refractivity contribution in [1.82, 2.24) is 10.6 Å². The topological polar surface area (TPSA) is 97.6 Å². The minimum Gasteiger partial charge on any atom is -0.457 e. The summed E-state index contributed by atoms with van der Waals surface area (Å²) >= 11 is 0. The molecule has 2 unspecified atom stereocenters. The van der Waals surface area contributed by atoms with Crippen molar-refractivity contribution in [2.45, 2.75) is 38.6 Å². The predicted molar refractivity (Wildman–Crippen MR) is 103 cm³/mol. The molecule has 0 saturated heterocycles. The summed E-state index contributed by atoms with van der Waals surface area (Å²) < 4.78 is 10.2. The first-order chi connectivity index (χ1) is 13.5. The average Bonchev–Trinajstić information content (AvgIpc) is 3.18. The van der Waals surface area contributed by atoms with E-state index in [1.165, 1.54) is 6.26 Å². The Bertz CT molecular complexity index is 830. The van der Waals surface area contributed by atoms with E-state index in [1.54, 1.807) is 6.07 Å². The first-order valence-corrected chi connectivity index (χ1v) is 9.45. The number of amides is 3. The smallest absolute Gasteiger partial charge is 0.375 e. The second kappa shape index (κ2) is 9.21. The Balaban J connectivity index is 1.49. The first-order valence-electron chi connectivity index (χ1n) is 9.45. The van der Waals surface area contributed by atoms with E-state index in [0.717, 1.165) is 31.2 Å². The highest BCUT2D eigenvalue weighted by atomic mass is 16.5. The fourth-order valence-electron chi connectivity index (χ4n) is 3.41. The maximum atomic E-state index is 12.3. The number of nitrogens with one attached hydrogen (secondary N) is 2. The maximum Gasteiger partial charge on any atom is 0.375 e. The minimum absolute atomic E-state index is 0.0134. The molecule has 1 aromatic heterocycles. The van der Waals surface area contributed by atoms with Crippen LogP contribution in [0.1, 0.15) is 43.2 Å². The third kappa shape index (κ3) is 5.00. The van der Waals surface area contributed by atoms with Crippen LogP contribution in [0, 0.1) is 5.92 Å². The quantitative estimate of drug-likeness (QED) is 0.769. The van der Waals surface area contributed by atoms with E-state index in [-0.39, 0.29) is 11.8 Å². The largest absolute Gasteiger partial charge is 0.457 e. The van der Waals surface area contributed by atoms with Gasteiger partial charge in [0.25, 0.3) is 5.91 Å². The fourth-order valence-corrected chi connectivity index (χ4v) is 3.41. The van der Waals surface area contributed by atoms with Crippen LogP contribution < -0.4 is 10.6 Å². The molecule has 7 heteroatoms. The van der Waals surface area contributed by atoms with E-state index in [2.05, 4.69) is 17.6 Å². The molecule has 3 rings (SSSR count). The van der Waals surface area contributed by atoms with Crippen LogP contribution in [-0.4, -0.2) is 30.6 Å². The third-order valence-electron chi connectivity index (χ3n) is 4.95. The zero-order valence-corrected chi connectivity index (χ0v) is 15.8. The molecule has 0 spiro atoms. The van der Waals surface area contributed by atoms with Crippen LogP contribution in [0.2, 0.25) is 0 Å². The van der Waals surface area contributed by atoms with E-state index >= 15 is 0 Å². The molecule has 0 aliphatic heterocycles. The molecule has 1 heterocycles. The molecule has 1 aliphatic carbocycles. The number of hydrogen-bond donors (Lipinski definition) is 2. The van der Waals surface area contributed by atoms with Crippen molar-refractivity contribution in [2.75, 3.05) is 6.61 Å².